The maximum atomic E-state index is 10.8. The summed E-state index contributed by atoms with van der Waals surface area (Å²) in [6.45, 7) is 0. The molecular formula is C8H9ClO4S. The van der Waals surface area contributed by atoms with Gasteiger partial charge in [0.25, 0.3) is 0 Å². The zero-order chi connectivity index (χ0) is 10.8. The smallest absolute Gasteiger partial charge is 0.236 e. The molecule has 0 fully saturated rings. The van der Waals surface area contributed by atoms with Crippen molar-refractivity contribution in [1.29, 1.82) is 0 Å². The van der Waals surface area contributed by atoms with E-state index in [1.54, 1.807) is 0 Å². The Bertz CT molecular complexity index is 427. The first-order valence-electron chi connectivity index (χ1n) is 3.71. The van der Waals surface area contributed by atoms with E-state index >= 15 is 0 Å². The summed E-state index contributed by atoms with van der Waals surface area (Å²) in [4.78, 5) is 0. The Kier molecular flexibility index (Phi) is 3.23. The lowest BCUT2D eigenvalue weighted by Gasteiger charge is -2.07. The van der Waals surface area contributed by atoms with E-state index in [9.17, 15) is 13.5 Å². The molecule has 1 aromatic carbocycles. The number of para-hydroxylation sites is 1. The second-order valence-corrected chi connectivity index (χ2v) is 5.43. The topological polar surface area (TPSA) is 63.6 Å². The molecule has 0 atom stereocenters. The minimum atomic E-state index is -3.65. The average molecular weight is 237 g/mol. The SMILES string of the molecule is COc1c(O)cccc1CS(=O)(=O)Cl. The van der Waals surface area contributed by atoms with Crippen LogP contribution in [0.4, 0.5) is 0 Å². The fourth-order valence-corrected chi connectivity index (χ4v) is 2.06. The Morgan fingerprint density at radius 3 is 2.64 bits per heavy atom. The fraction of sp³-hybridized carbons (Fsp3) is 0.250. The van der Waals surface area contributed by atoms with Crippen molar-refractivity contribution in [3.05, 3.63) is 23.8 Å². The number of ether oxygens (including phenoxy) is 1. The average Bonchev–Trinajstić information content (AvgIpc) is 2.01. The van der Waals surface area contributed by atoms with E-state index in [1.165, 1.54) is 25.3 Å². The van der Waals surface area contributed by atoms with Gasteiger partial charge in [-0.3, -0.25) is 0 Å². The standard InChI is InChI=1S/C8H9ClO4S/c1-13-8-6(5-14(9,11)12)3-2-4-7(8)10/h2-4,10H,5H2,1H3. The first-order chi connectivity index (χ1) is 6.44. The van der Waals surface area contributed by atoms with E-state index in [0.29, 0.717) is 5.56 Å². The van der Waals surface area contributed by atoms with Gasteiger partial charge in [0, 0.05) is 16.2 Å². The second kappa shape index (κ2) is 4.06. The Labute approximate surface area is 86.5 Å². The molecule has 0 amide bonds. The van der Waals surface area contributed by atoms with Crippen LogP contribution in [0.5, 0.6) is 11.5 Å². The number of hydrogen-bond donors (Lipinski definition) is 1. The molecule has 1 N–H and O–H groups in total. The van der Waals surface area contributed by atoms with E-state index in [-0.39, 0.29) is 17.3 Å². The lowest BCUT2D eigenvalue weighted by atomic mass is 10.2. The van der Waals surface area contributed by atoms with E-state index in [2.05, 4.69) is 0 Å². The highest BCUT2D eigenvalue weighted by molar-refractivity contribution is 8.13. The quantitative estimate of drug-likeness (QED) is 0.808. The second-order valence-electron chi connectivity index (χ2n) is 2.65. The van der Waals surface area contributed by atoms with Crippen LogP contribution in [-0.4, -0.2) is 20.6 Å². The summed E-state index contributed by atoms with van der Waals surface area (Å²) in [5, 5.41) is 9.33. The Morgan fingerprint density at radius 2 is 2.14 bits per heavy atom. The molecule has 0 saturated heterocycles. The highest BCUT2D eigenvalue weighted by Gasteiger charge is 2.14. The molecule has 6 heteroatoms. The van der Waals surface area contributed by atoms with Crippen LogP contribution < -0.4 is 4.74 Å². The van der Waals surface area contributed by atoms with E-state index < -0.39 is 9.05 Å². The lowest BCUT2D eigenvalue weighted by Crippen LogP contribution is -1.98. The Hall–Kier alpha value is -0.940. The minimum absolute atomic E-state index is 0.106. The number of rotatable bonds is 3. The molecule has 4 nitrogen and oxygen atoms in total. The van der Waals surface area contributed by atoms with Crippen molar-refractivity contribution in [2.45, 2.75) is 5.75 Å². The lowest BCUT2D eigenvalue weighted by molar-refractivity contribution is 0.370. The summed E-state index contributed by atoms with van der Waals surface area (Å²) in [5.41, 5.74) is 0.336. The van der Waals surface area contributed by atoms with E-state index in [1.807, 2.05) is 0 Å². The summed E-state index contributed by atoms with van der Waals surface area (Å²) in [5.74, 6) is -0.339. The predicted octanol–water partition coefficient (Wildman–Crippen LogP) is 1.47. The van der Waals surface area contributed by atoms with E-state index in [0.717, 1.165) is 0 Å². The van der Waals surface area contributed by atoms with Crippen molar-refractivity contribution in [2.24, 2.45) is 0 Å². The number of phenolic OH excluding ortho intramolecular Hbond substituents is 1. The van der Waals surface area contributed by atoms with Crippen LogP contribution in [0, 0.1) is 0 Å². The third-order valence-electron chi connectivity index (χ3n) is 1.61. The van der Waals surface area contributed by atoms with Crippen LogP contribution in [0.1, 0.15) is 5.56 Å². The molecule has 0 unspecified atom stereocenters. The highest BCUT2D eigenvalue weighted by Crippen LogP contribution is 2.31. The number of methoxy groups -OCH3 is 1. The molecule has 0 spiro atoms. The Morgan fingerprint density at radius 1 is 1.50 bits per heavy atom. The number of aromatic hydroxyl groups is 1. The van der Waals surface area contributed by atoms with Crippen molar-refractivity contribution in [3.63, 3.8) is 0 Å². The van der Waals surface area contributed by atoms with Gasteiger partial charge >= 0.3 is 0 Å². The van der Waals surface area contributed by atoms with Crippen molar-refractivity contribution >= 4 is 19.7 Å². The molecule has 0 aromatic heterocycles. The third-order valence-corrected chi connectivity index (χ3v) is 2.59. The third kappa shape index (κ3) is 2.78. The number of phenols is 1. The molecule has 0 saturated carbocycles. The first-order valence-corrected chi connectivity index (χ1v) is 6.19. The number of hydrogen-bond acceptors (Lipinski definition) is 4. The molecular weight excluding hydrogens is 228 g/mol. The van der Waals surface area contributed by atoms with Crippen LogP contribution in [0.25, 0.3) is 0 Å². The van der Waals surface area contributed by atoms with Crippen molar-refractivity contribution in [1.82, 2.24) is 0 Å². The van der Waals surface area contributed by atoms with Crippen molar-refractivity contribution < 1.29 is 18.3 Å². The fourth-order valence-electron chi connectivity index (χ4n) is 1.11. The first kappa shape index (κ1) is 11.1. The van der Waals surface area contributed by atoms with Crippen molar-refractivity contribution in [3.8, 4) is 11.5 Å². The Balaban J connectivity index is 3.15. The van der Waals surface area contributed by atoms with Gasteiger partial charge in [-0.05, 0) is 6.07 Å². The molecule has 0 aliphatic carbocycles. The zero-order valence-electron chi connectivity index (χ0n) is 7.40. The summed E-state index contributed by atoms with van der Waals surface area (Å²) in [6.07, 6.45) is 0. The van der Waals surface area contributed by atoms with Gasteiger partial charge in [-0.25, -0.2) is 8.42 Å². The molecule has 0 aliphatic rings. The maximum absolute atomic E-state index is 10.8. The molecule has 1 rings (SSSR count). The van der Waals surface area contributed by atoms with Crippen LogP contribution in [0.2, 0.25) is 0 Å². The van der Waals surface area contributed by atoms with Crippen LogP contribution in [-0.2, 0) is 14.8 Å². The summed E-state index contributed by atoms with van der Waals surface area (Å²) in [7, 11) is 2.79. The summed E-state index contributed by atoms with van der Waals surface area (Å²) < 4.78 is 26.5. The van der Waals surface area contributed by atoms with Gasteiger partial charge in [0.15, 0.2) is 11.5 Å². The summed E-state index contributed by atoms with van der Waals surface area (Å²) >= 11 is 0. The number of halogens is 1. The predicted molar refractivity (Wildman–Crippen MR) is 53.1 cm³/mol. The van der Waals surface area contributed by atoms with Crippen molar-refractivity contribution in [2.75, 3.05) is 7.11 Å². The minimum Gasteiger partial charge on any atom is -0.504 e. The molecule has 0 radical (unpaired) electrons. The molecule has 0 bridgehead atoms. The van der Waals surface area contributed by atoms with Crippen LogP contribution in [0.3, 0.4) is 0 Å². The molecule has 0 aliphatic heterocycles. The molecule has 1 aromatic rings. The van der Waals surface area contributed by atoms with Crippen LogP contribution >= 0.6 is 10.7 Å². The monoisotopic (exact) mass is 236 g/mol. The van der Waals surface area contributed by atoms with Gasteiger partial charge in [-0.2, -0.15) is 0 Å². The van der Waals surface area contributed by atoms with Gasteiger partial charge in [0.2, 0.25) is 9.05 Å². The summed E-state index contributed by atoms with van der Waals surface area (Å²) in [6, 6.07) is 4.46. The largest absolute Gasteiger partial charge is 0.504 e. The molecule has 14 heavy (non-hydrogen) atoms. The molecule has 78 valence electrons. The highest BCUT2D eigenvalue weighted by atomic mass is 35.7. The van der Waals surface area contributed by atoms with Gasteiger partial charge in [0.1, 0.15) is 0 Å². The van der Waals surface area contributed by atoms with E-state index in [4.69, 9.17) is 15.4 Å². The van der Waals surface area contributed by atoms with Gasteiger partial charge in [-0.1, -0.05) is 12.1 Å². The van der Waals surface area contributed by atoms with Gasteiger partial charge < -0.3 is 9.84 Å². The molecule has 0 heterocycles. The normalized spacial score (nSPS) is 11.3. The zero-order valence-corrected chi connectivity index (χ0v) is 8.97. The maximum Gasteiger partial charge on any atom is 0.236 e. The number of benzene rings is 1. The van der Waals surface area contributed by atoms with Gasteiger partial charge in [0.05, 0.1) is 12.9 Å². The van der Waals surface area contributed by atoms with Crippen LogP contribution in [0.15, 0.2) is 18.2 Å². The van der Waals surface area contributed by atoms with Gasteiger partial charge in [-0.15, -0.1) is 0 Å².